The third-order valence-corrected chi connectivity index (χ3v) is 4.48. The molecular formula is C13H14N6S2. The van der Waals surface area contributed by atoms with Gasteiger partial charge in [0.25, 0.3) is 0 Å². The van der Waals surface area contributed by atoms with Crippen LogP contribution >= 0.6 is 23.1 Å². The van der Waals surface area contributed by atoms with E-state index in [4.69, 9.17) is 16.4 Å². The van der Waals surface area contributed by atoms with Gasteiger partial charge in [-0.25, -0.2) is 4.98 Å². The lowest BCUT2D eigenvalue weighted by Gasteiger charge is -2.00. The number of rotatable bonds is 5. The average Bonchev–Trinajstić information content (AvgIpc) is 2.79. The fraction of sp³-hybridized carbons (Fsp3) is 0.231. The largest absolute Gasteiger partial charge is 0.382 e. The number of hydrogen-bond acceptors (Lipinski definition) is 7. The Bertz CT molecular complexity index is 741. The SMILES string of the molecule is CC(C)Sc1nc2ccc(N/N=C(\C#N)C(=N)N)cc2s1. The Hall–Kier alpha value is -2.11. The number of anilines is 1. The molecule has 0 spiro atoms. The standard InChI is InChI=1S/C13H14N6S2/c1-7(2)20-13-17-9-4-3-8(5-11(9)21-13)18-19-10(6-14)12(15)16/h3-5,7,18H,1-2H3,(H3,15,16)/b19-10+. The molecule has 1 aromatic carbocycles. The number of fused-ring (bicyclic) bond motifs is 1. The quantitative estimate of drug-likeness (QED) is 0.339. The van der Waals surface area contributed by atoms with E-state index in [-0.39, 0.29) is 11.5 Å². The van der Waals surface area contributed by atoms with Gasteiger partial charge in [0.1, 0.15) is 6.07 Å². The minimum Gasteiger partial charge on any atom is -0.382 e. The third kappa shape index (κ3) is 3.93. The maximum absolute atomic E-state index is 8.78. The van der Waals surface area contributed by atoms with Crippen molar-refractivity contribution in [1.29, 1.82) is 10.7 Å². The van der Waals surface area contributed by atoms with Crippen molar-refractivity contribution in [2.45, 2.75) is 23.4 Å². The first-order valence-electron chi connectivity index (χ1n) is 6.15. The number of nitrogens with zero attached hydrogens (tertiary/aromatic N) is 3. The van der Waals surface area contributed by atoms with Crippen molar-refractivity contribution in [1.82, 2.24) is 4.98 Å². The van der Waals surface area contributed by atoms with Crippen molar-refractivity contribution in [2.75, 3.05) is 5.43 Å². The second-order valence-corrected chi connectivity index (χ2v) is 7.28. The molecule has 0 bridgehead atoms. The third-order valence-electron chi connectivity index (χ3n) is 2.36. The van der Waals surface area contributed by atoms with E-state index in [1.807, 2.05) is 18.2 Å². The van der Waals surface area contributed by atoms with E-state index in [1.54, 1.807) is 29.2 Å². The van der Waals surface area contributed by atoms with Gasteiger partial charge in [-0.2, -0.15) is 10.4 Å². The van der Waals surface area contributed by atoms with Gasteiger partial charge in [-0.1, -0.05) is 25.6 Å². The van der Waals surface area contributed by atoms with E-state index in [9.17, 15) is 0 Å². The number of nitriles is 1. The van der Waals surface area contributed by atoms with Gasteiger partial charge in [0.15, 0.2) is 10.2 Å². The summed E-state index contributed by atoms with van der Waals surface area (Å²) in [5, 5.41) is 20.3. The molecule has 0 saturated heterocycles. The van der Waals surface area contributed by atoms with Gasteiger partial charge in [-0.05, 0) is 18.2 Å². The zero-order valence-electron chi connectivity index (χ0n) is 11.5. The summed E-state index contributed by atoms with van der Waals surface area (Å²) in [6.07, 6.45) is 0. The molecule has 6 nitrogen and oxygen atoms in total. The Morgan fingerprint density at radius 2 is 2.33 bits per heavy atom. The van der Waals surface area contributed by atoms with Crippen LogP contribution in [0.25, 0.3) is 10.2 Å². The fourth-order valence-electron chi connectivity index (χ4n) is 1.49. The molecule has 0 aliphatic carbocycles. The molecular weight excluding hydrogens is 304 g/mol. The highest BCUT2D eigenvalue weighted by Gasteiger charge is 2.07. The van der Waals surface area contributed by atoms with E-state index >= 15 is 0 Å². The molecule has 0 saturated carbocycles. The average molecular weight is 318 g/mol. The Morgan fingerprint density at radius 3 is 2.95 bits per heavy atom. The van der Waals surface area contributed by atoms with Gasteiger partial charge < -0.3 is 5.73 Å². The number of nitrogens with one attached hydrogen (secondary N) is 2. The molecule has 0 aliphatic heterocycles. The summed E-state index contributed by atoms with van der Waals surface area (Å²) in [5.74, 6) is -0.362. The lowest BCUT2D eigenvalue weighted by atomic mass is 10.3. The van der Waals surface area contributed by atoms with Crippen molar-refractivity contribution in [2.24, 2.45) is 10.8 Å². The summed E-state index contributed by atoms with van der Waals surface area (Å²) >= 11 is 3.35. The summed E-state index contributed by atoms with van der Waals surface area (Å²) in [6, 6.07) is 7.39. The molecule has 4 N–H and O–H groups in total. The van der Waals surface area contributed by atoms with Crippen LogP contribution in [-0.2, 0) is 0 Å². The number of amidine groups is 1. The monoisotopic (exact) mass is 318 g/mol. The van der Waals surface area contributed by atoms with E-state index in [0.717, 1.165) is 20.2 Å². The lowest BCUT2D eigenvalue weighted by Crippen LogP contribution is -2.21. The Balaban J connectivity index is 2.23. The van der Waals surface area contributed by atoms with Crippen molar-refractivity contribution >= 4 is 50.5 Å². The lowest BCUT2D eigenvalue weighted by molar-refractivity contribution is 1.10. The number of hydrazone groups is 1. The predicted molar refractivity (Wildman–Crippen MR) is 89.2 cm³/mol. The van der Waals surface area contributed by atoms with Crippen molar-refractivity contribution < 1.29 is 0 Å². The highest BCUT2D eigenvalue weighted by molar-refractivity contribution is 8.01. The van der Waals surface area contributed by atoms with Gasteiger partial charge in [0, 0.05) is 5.25 Å². The first-order valence-corrected chi connectivity index (χ1v) is 7.84. The molecule has 8 heteroatoms. The highest BCUT2D eigenvalue weighted by atomic mass is 32.2. The smallest absolute Gasteiger partial charge is 0.201 e. The maximum Gasteiger partial charge on any atom is 0.201 e. The predicted octanol–water partition coefficient (Wildman–Crippen LogP) is 3.02. The topological polar surface area (TPSA) is 111 Å². The molecule has 0 atom stereocenters. The van der Waals surface area contributed by atoms with Gasteiger partial charge in [0.05, 0.1) is 15.9 Å². The normalized spacial score (nSPS) is 11.6. The molecule has 2 rings (SSSR count). The summed E-state index contributed by atoms with van der Waals surface area (Å²) in [7, 11) is 0. The Kier molecular flexibility index (Phi) is 4.77. The van der Waals surface area contributed by atoms with Crippen molar-refractivity contribution in [3.8, 4) is 6.07 Å². The molecule has 0 fully saturated rings. The summed E-state index contributed by atoms with van der Waals surface area (Å²) in [4.78, 5) is 4.55. The van der Waals surface area contributed by atoms with E-state index in [2.05, 4.69) is 29.4 Å². The summed E-state index contributed by atoms with van der Waals surface area (Å²) in [6.45, 7) is 4.26. The zero-order valence-corrected chi connectivity index (χ0v) is 13.2. The molecule has 2 aromatic rings. The first kappa shape index (κ1) is 15.3. The van der Waals surface area contributed by atoms with E-state index in [1.165, 1.54) is 0 Å². The maximum atomic E-state index is 8.78. The van der Waals surface area contributed by atoms with E-state index < -0.39 is 0 Å². The summed E-state index contributed by atoms with van der Waals surface area (Å²) in [5.41, 5.74) is 9.48. The van der Waals surface area contributed by atoms with Gasteiger partial charge in [0.2, 0.25) is 5.71 Å². The number of aromatic nitrogens is 1. The first-order chi connectivity index (χ1) is 9.99. The van der Waals surface area contributed by atoms with Crippen molar-refractivity contribution in [3.05, 3.63) is 18.2 Å². The van der Waals surface area contributed by atoms with Crippen LogP contribution in [0.5, 0.6) is 0 Å². The fourth-order valence-corrected chi connectivity index (χ4v) is 3.82. The molecule has 21 heavy (non-hydrogen) atoms. The van der Waals surface area contributed by atoms with Crippen molar-refractivity contribution in [3.63, 3.8) is 0 Å². The zero-order chi connectivity index (χ0) is 15.4. The van der Waals surface area contributed by atoms with Crippen LogP contribution in [0.1, 0.15) is 13.8 Å². The van der Waals surface area contributed by atoms with E-state index in [0.29, 0.717) is 5.25 Å². The Morgan fingerprint density at radius 1 is 1.57 bits per heavy atom. The molecule has 1 aromatic heterocycles. The molecule has 1 heterocycles. The van der Waals surface area contributed by atoms with Gasteiger partial charge in [-0.3, -0.25) is 10.8 Å². The van der Waals surface area contributed by atoms with Crippen LogP contribution in [0.2, 0.25) is 0 Å². The molecule has 0 radical (unpaired) electrons. The second kappa shape index (κ2) is 6.56. The molecule has 0 unspecified atom stereocenters. The van der Waals surface area contributed by atoms with Gasteiger partial charge in [-0.15, -0.1) is 11.3 Å². The van der Waals surface area contributed by atoms with Crippen LogP contribution in [0, 0.1) is 16.7 Å². The van der Waals surface area contributed by atoms with Crippen LogP contribution < -0.4 is 11.2 Å². The molecule has 0 amide bonds. The van der Waals surface area contributed by atoms with Gasteiger partial charge >= 0.3 is 0 Å². The minimum absolute atomic E-state index is 0.143. The van der Waals surface area contributed by atoms with Crippen LogP contribution in [0.4, 0.5) is 5.69 Å². The highest BCUT2D eigenvalue weighted by Crippen LogP contribution is 2.33. The number of thioether (sulfide) groups is 1. The van der Waals surface area contributed by atoms with Crippen LogP contribution in [-0.4, -0.2) is 21.8 Å². The number of hydrogen-bond donors (Lipinski definition) is 3. The molecule has 108 valence electrons. The number of benzene rings is 1. The number of thiazole rings is 1. The second-order valence-electron chi connectivity index (χ2n) is 4.43. The number of nitrogens with two attached hydrogens (primary N) is 1. The van der Waals surface area contributed by atoms with Crippen LogP contribution in [0.3, 0.4) is 0 Å². The van der Waals surface area contributed by atoms with Crippen LogP contribution in [0.15, 0.2) is 27.6 Å². The summed E-state index contributed by atoms with van der Waals surface area (Å²) < 4.78 is 2.07. The minimum atomic E-state index is -0.362. The molecule has 0 aliphatic rings. The Labute approximate surface area is 130 Å².